The van der Waals surface area contributed by atoms with Gasteiger partial charge in [-0.15, -0.1) is 0 Å². The minimum Gasteiger partial charge on any atom is -0.410 e. The third-order valence-electron chi connectivity index (χ3n) is 3.51. The van der Waals surface area contributed by atoms with E-state index >= 15 is 0 Å². The van der Waals surface area contributed by atoms with E-state index in [9.17, 15) is 4.79 Å². The first kappa shape index (κ1) is 16.0. The van der Waals surface area contributed by atoms with E-state index in [4.69, 9.17) is 10.5 Å². The molecule has 0 bridgehead atoms. The number of carbonyl (C=O) groups excluding carboxylic acids is 1. The first-order valence-electron chi connectivity index (χ1n) is 7.46. The van der Waals surface area contributed by atoms with Crippen molar-refractivity contribution in [1.29, 1.82) is 0 Å². The van der Waals surface area contributed by atoms with Crippen LogP contribution in [0.1, 0.15) is 17.5 Å². The molecule has 0 aromatic heterocycles. The number of ether oxygens (including phenoxy) is 1. The Hall–Kier alpha value is -2.33. The second-order valence-electron chi connectivity index (χ2n) is 5.31. The predicted octanol–water partition coefficient (Wildman–Crippen LogP) is 3.04. The average molecular weight is 298 g/mol. The zero-order chi connectivity index (χ0) is 15.8. The lowest BCUT2D eigenvalue weighted by Crippen LogP contribution is -2.38. The summed E-state index contributed by atoms with van der Waals surface area (Å²) >= 11 is 0. The molecule has 3 N–H and O–H groups in total. The van der Waals surface area contributed by atoms with Crippen LogP contribution in [0.25, 0.3) is 0 Å². The highest BCUT2D eigenvalue weighted by Gasteiger charge is 2.08. The molecule has 0 aliphatic carbocycles. The maximum atomic E-state index is 11.7. The first-order valence-corrected chi connectivity index (χ1v) is 7.46. The number of hydrogen-bond donors (Lipinski definition) is 2. The van der Waals surface area contributed by atoms with E-state index in [0.717, 1.165) is 12.8 Å². The van der Waals surface area contributed by atoms with Crippen molar-refractivity contribution in [2.24, 2.45) is 5.73 Å². The van der Waals surface area contributed by atoms with Crippen LogP contribution in [0, 0.1) is 6.92 Å². The molecule has 2 rings (SSSR count). The van der Waals surface area contributed by atoms with Crippen molar-refractivity contribution in [3.63, 3.8) is 0 Å². The van der Waals surface area contributed by atoms with Gasteiger partial charge in [0.1, 0.15) is 5.75 Å². The van der Waals surface area contributed by atoms with Crippen LogP contribution in [-0.4, -0.2) is 18.7 Å². The van der Waals surface area contributed by atoms with Crippen molar-refractivity contribution in [2.45, 2.75) is 25.8 Å². The molecule has 2 aromatic rings. The van der Waals surface area contributed by atoms with E-state index in [2.05, 4.69) is 24.4 Å². The number of nitrogens with one attached hydrogen (secondary N) is 1. The Morgan fingerprint density at radius 2 is 1.82 bits per heavy atom. The van der Waals surface area contributed by atoms with Crippen LogP contribution in [0.2, 0.25) is 0 Å². The van der Waals surface area contributed by atoms with Crippen molar-refractivity contribution in [3.05, 3.63) is 65.7 Å². The Balaban J connectivity index is 1.70. The quantitative estimate of drug-likeness (QED) is 0.861. The molecule has 0 aliphatic rings. The number of rotatable bonds is 6. The summed E-state index contributed by atoms with van der Waals surface area (Å²) in [6, 6.07) is 17.1. The number of benzene rings is 2. The van der Waals surface area contributed by atoms with Crippen LogP contribution < -0.4 is 15.8 Å². The summed E-state index contributed by atoms with van der Waals surface area (Å²) in [5.74, 6) is 0.522. The summed E-state index contributed by atoms with van der Waals surface area (Å²) in [4.78, 5) is 11.7. The normalized spacial score (nSPS) is 11.7. The zero-order valence-corrected chi connectivity index (χ0v) is 12.8. The molecule has 116 valence electrons. The molecule has 0 saturated carbocycles. The van der Waals surface area contributed by atoms with E-state index in [-0.39, 0.29) is 6.04 Å². The summed E-state index contributed by atoms with van der Waals surface area (Å²) in [5, 5.41) is 2.70. The molecule has 2 aromatic carbocycles. The Bertz CT molecular complexity index is 599. The predicted molar refractivity (Wildman–Crippen MR) is 87.9 cm³/mol. The van der Waals surface area contributed by atoms with Gasteiger partial charge in [-0.2, -0.15) is 0 Å². The lowest BCUT2D eigenvalue weighted by atomic mass is 10.0. The van der Waals surface area contributed by atoms with Crippen LogP contribution >= 0.6 is 0 Å². The molecule has 0 saturated heterocycles. The van der Waals surface area contributed by atoms with Gasteiger partial charge in [-0.3, -0.25) is 0 Å². The van der Waals surface area contributed by atoms with Crippen LogP contribution in [0.4, 0.5) is 4.79 Å². The second kappa shape index (κ2) is 8.20. The summed E-state index contributed by atoms with van der Waals surface area (Å²) in [5.41, 5.74) is 8.61. The zero-order valence-electron chi connectivity index (χ0n) is 12.8. The standard InChI is InChI=1S/C18H22N2O2/c1-14-7-5-6-8-15(14)11-12-16(19)13-20-18(21)22-17-9-3-2-4-10-17/h2-10,16H,11-13,19H2,1H3,(H,20,21). The molecular weight excluding hydrogens is 276 g/mol. The van der Waals surface area contributed by atoms with Crippen LogP contribution in [0.5, 0.6) is 5.75 Å². The lowest BCUT2D eigenvalue weighted by molar-refractivity contribution is 0.199. The van der Waals surface area contributed by atoms with Crippen LogP contribution in [0.15, 0.2) is 54.6 Å². The summed E-state index contributed by atoms with van der Waals surface area (Å²) < 4.78 is 5.14. The van der Waals surface area contributed by atoms with E-state index < -0.39 is 6.09 Å². The van der Waals surface area contributed by atoms with E-state index in [1.165, 1.54) is 11.1 Å². The van der Waals surface area contributed by atoms with Gasteiger partial charge in [-0.05, 0) is 43.0 Å². The Kier molecular flexibility index (Phi) is 5.98. The maximum Gasteiger partial charge on any atom is 0.412 e. The number of hydrogen-bond acceptors (Lipinski definition) is 3. The van der Waals surface area contributed by atoms with Gasteiger partial charge in [-0.25, -0.2) is 4.79 Å². The largest absolute Gasteiger partial charge is 0.412 e. The molecule has 0 aliphatic heterocycles. The van der Waals surface area contributed by atoms with Gasteiger partial charge in [0.25, 0.3) is 0 Å². The number of nitrogens with two attached hydrogens (primary N) is 1. The average Bonchev–Trinajstić information content (AvgIpc) is 2.53. The third kappa shape index (κ3) is 5.22. The molecular formula is C18H22N2O2. The molecule has 4 heteroatoms. The molecule has 4 nitrogen and oxygen atoms in total. The molecule has 1 atom stereocenters. The monoisotopic (exact) mass is 298 g/mol. The van der Waals surface area contributed by atoms with Gasteiger partial charge in [0, 0.05) is 12.6 Å². The summed E-state index contributed by atoms with van der Waals surface area (Å²) in [6.07, 6.45) is 1.25. The number of aryl methyl sites for hydroxylation is 2. The maximum absolute atomic E-state index is 11.7. The van der Waals surface area contributed by atoms with Crippen molar-refractivity contribution < 1.29 is 9.53 Å². The molecule has 0 fully saturated rings. The molecule has 1 amide bonds. The molecule has 0 heterocycles. The van der Waals surface area contributed by atoms with E-state index in [1.807, 2.05) is 30.3 Å². The fourth-order valence-electron chi connectivity index (χ4n) is 2.18. The van der Waals surface area contributed by atoms with Crippen molar-refractivity contribution >= 4 is 6.09 Å². The number of amides is 1. The summed E-state index contributed by atoms with van der Waals surface area (Å²) in [7, 11) is 0. The summed E-state index contributed by atoms with van der Waals surface area (Å²) in [6.45, 7) is 2.49. The van der Waals surface area contributed by atoms with Gasteiger partial charge in [0.2, 0.25) is 0 Å². The van der Waals surface area contributed by atoms with Crippen LogP contribution in [0.3, 0.4) is 0 Å². The fourth-order valence-corrected chi connectivity index (χ4v) is 2.18. The minimum atomic E-state index is -0.474. The Labute approximate surface area is 131 Å². The highest BCUT2D eigenvalue weighted by atomic mass is 16.6. The van der Waals surface area contributed by atoms with Crippen molar-refractivity contribution in [1.82, 2.24) is 5.32 Å². The first-order chi connectivity index (χ1) is 10.6. The van der Waals surface area contributed by atoms with Crippen molar-refractivity contribution in [2.75, 3.05) is 6.54 Å². The minimum absolute atomic E-state index is 0.0945. The fraction of sp³-hybridized carbons (Fsp3) is 0.278. The smallest absolute Gasteiger partial charge is 0.410 e. The van der Waals surface area contributed by atoms with Crippen LogP contribution in [-0.2, 0) is 6.42 Å². The Morgan fingerprint density at radius 3 is 2.55 bits per heavy atom. The molecule has 1 unspecified atom stereocenters. The molecule has 0 radical (unpaired) electrons. The topological polar surface area (TPSA) is 64.3 Å². The highest BCUT2D eigenvalue weighted by Crippen LogP contribution is 2.10. The number of para-hydroxylation sites is 1. The van der Waals surface area contributed by atoms with Gasteiger partial charge < -0.3 is 15.8 Å². The number of carbonyl (C=O) groups is 1. The van der Waals surface area contributed by atoms with E-state index in [0.29, 0.717) is 12.3 Å². The van der Waals surface area contributed by atoms with Gasteiger partial charge in [-0.1, -0.05) is 42.5 Å². The highest BCUT2D eigenvalue weighted by molar-refractivity contribution is 5.70. The SMILES string of the molecule is Cc1ccccc1CCC(N)CNC(=O)Oc1ccccc1. The van der Waals surface area contributed by atoms with Crippen molar-refractivity contribution in [3.8, 4) is 5.75 Å². The van der Waals surface area contributed by atoms with Gasteiger partial charge >= 0.3 is 6.09 Å². The third-order valence-corrected chi connectivity index (χ3v) is 3.51. The van der Waals surface area contributed by atoms with Gasteiger partial charge in [0.15, 0.2) is 0 Å². The second-order valence-corrected chi connectivity index (χ2v) is 5.31. The Morgan fingerprint density at radius 1 is 1.14 bits per heavy atom. The molecule has 22 heavy (non-hydrogen) atoms. The van der Waals surface area contributed by atoms with E-state index in [1.54, 1.807) is 12.1 Å². The lowest BCUT2D eigenvalue weighted by Gasteiger charge is -2.13. The van der Waals surface area contributed by atoms with Gasteiger partial charge in [0.05, 0.1) is 0 Å². The molecule has 0 spiro atoms.